The van der Waals surface area contributed by atoms with E-state index >= 15 is 0 Å². The third kappa shape index (κ3) is 5.05. The number of nitrogens with two attached hydrogens (primary N) is 1. The zero-order chi connectivity index (χ0) is 9.19. The summed E-state index contributed by atoms with van der Waals surface area (Å²) in [5.74, 6) is 0. The predicted octanol–water partition coefficient (Wildman–Crippen LogP) is 2.01. The maximum absolute atomic E-state index is 5.88. The van der Waals surface area contributed by atoms with Crippen molar-refractivity contribution in [2.75, 3.05) is 5.73 Å². The molecule has 0 atom stereocenters. The van der Waals surface area contributed by atoms with Crippen molar-refractivity contribution in [1.29, 1.82) is 0 Å². The second kappa shape index (κ2) is 5.39. The van der Waals surface area contributed by atoms with Gasteiger partial charge >= 0.3 is 19.6 Å². The summed E-state index contributed by atoms with van der Waals surface area (Å²) in [5, 5.41) is 0. The van der Waals surface area contributed by atoms with E-state index < -0.39 is 5.72 Å². The highest BCUT2D eigenvalue weighted by molar-refractivity contribution is 8.93. The Morgan fingerprint density at radius 1 is 1.15 bits per heavy atom. The fraction of sp³-hybridized carbons (Fsp3) is 0.333. The van der Waals surface area contributed by atoms with Crippen LogP contribution in [0, 0.1) is 0 Å². The van der Waals surface area contributed by atoms with Crippen LogP contribution in [0.1, 0.15) is 0 Å². The highest BCUT2D eigenvalue weighted by Crippen LogP contribution is 2.02. The summed E-state index contributed by atoms with van der Waals surface area (Å²) in [6.07, 6.45) is 0. The number of rotatable bonds is 2. The van der Waals surface area contributed by atoms with E-state index in [0.29, 0.717) is 0 Å². The lowest BCUT2D eigenvalue weighted by Crippen LogP contribution is -2.39. The fourth-order valence-electron chi connectivity index (χ4n) is 1.27. The zero-order valence-electron chi connectivity index (χ0n) is 8.50. The number of hydrogen-bond acceptors (Lipinski definition) is 1. The number of para-hydroxylation sites is 1. The van der Waals surface area contributed by atoms with Crippen LogP contribution in [0.4, 0.5) is 5.69 Å². The van der Waals surface area contributed by atoms with E-state index in [1.54, 1.807) is 0 Å². The molecule has 2 N–H and O–H groups in total. The van der Waals surface area contributed by atoms with Crippen LogP contribution in [-0.2, 0) is 0 Å². The minimum Gasteiger partial charge on any atom is -0.401 e. The van der Waals surface area contributed by atoms with Gasteiger partial charge in [-0.15, -0.1) is 17.0 Å². The van der Waals surface area contributed by atoms with Gasteiger partial charge in [-0.2, -0.15) is 3.69 Å². The second-order valence-electron chi connectivity index (χ2n) is 4.44. The first kappa shape index (κ1) is 13.5. The molecular weight excluding hydrogens is 254 g/mol. The molecule has 0 aliphatic rings. The van der Waals surface area contributed by atoms with Crippen LogP contribution in [0.5, 0.6) is 0 Å². The van der Waals surface area contributed by atoms with Crippen molar-refractivity contribution in [3.05, 3.63) is 24.3 Å². The smallest absolute Gasteiger partial charge is 0.401 e. The first-order chi connectivity index (χ1) is 5.49. The Morgan fingerprint density at radius 3 is 2.15 bits per heavy atom. The Bertz CT molecular complexity index is 273. The molecule has 0 aliphatic heterocycles. The Labute approximate surface area is 101 Å². The lowest BCUT2D eigenvalue weighted by atomic mass is 10.3. The van der Waals surface area contributed by atoms with Crippen molar-refractivity contribution in [2.24, 2.45) is 0 Å². The molecule has 1 aromatic carbocycles. The lowest BCUT2D eigenvalue weighted by Gasteiger charge is -2.15. The molecule has 0 heterocycles. The van der Waals surface area contributed by atoms with Gasteiger partial charge in [0.15, 0.2) is 0 Å². The van der Waals surface area contributed by atoms with Gasteiger partial charge in [-0.3, -0.25) is 0 Å². The van der Waals surface area contributed by atoms with E-state index in [1.165, 1.54) is 3.69 Å². The minimum atomic E-state index is -0.871. The van der Waals surface area contributed by atoms with Crippen LogP contribution in [0.15, 0.2) is 24.3 Å². The summed E-state index contributed by atoms with van der Waals surface area (Å²) in [5.41, 5.74) is 6.02. The number of benzene rings is 1. The van der Waals surface area contributed by atoms with Gasteiger partial charge in [-0.25, -0.2) is 0 Å². The first-order valence-corrected chi connectivity index (χ1v) is 10.9. The van der Waals surface area contributed by atoms with Crippen molar-refractivity contribution < 1.29 is 0 Å². The summed E-state index contributed by atoms with van der Waals surface area (Å²) in [6.45, 7) is 7.27. The highest BCUT2D eigenvalue weighted by atomic mass is 79.9. The summed E-state index contributed by atoms with van der Waals surface area (Å²) in [7, 11) is 0. The highest BCUT2D eigenvalue weighted by Gasteiger charge is 2.18. The van der Waals surface area contributed by atoms with E-state index in [9.17, 15) is 0 Å². The third-order valence-electron chi connectivity index (χ3n) is 1.78. The molecule has 13 heavy (non-hydrogen) atoms. The van der Waals surface area contributed by atoms with E-state index in [2.05, 4.69) is 31.8 Å². The number of halogens is 1. The van der Waals surface area contributed by atoms with Crippen molar-refractivity contribution in [2.45, 2.75) is 19.6 Å². The topological polar surface area (TPSA) is 26.0 Å². The molecule has 0 fully saturated rings. The molecular formula is C9H16BrMgNSi. The van der Waals surface area contributed by atoms with Gasteiger partial charge in [-0.1, -0.05) is 43.6 Å². The quantitative estimate of drug-likeness (QED) is 0.646. The van der Waals surface area contributed by atoms with Gasteiger partial charge in [0, 0.05) is 5.69 Å². The summed E-state index contributed by atoms with van der Waals surface area (Å²) in [4.78, 5) is 0. The molecule has 1 rings (SSSR count). The van der Waals surface area contributed by atoms with Crippen LogP contribution in [0.25, 0.3) is 0 Å². The third-order valence-corrected chi connectivity index (χ3v) is 8.19. The van der Waals surface area contributed by atoms with E-state index in [-0.39, 0.29) is 36.6 Å². The van der Waals surface area contributed by atoms with Crippen molar-refractivity contribution in [3.8, 4) is 0 Å². The molecule has 0 saturated heterocycles. The molecule has 0 radical (unpaired) electrons. The van der Waals surface area contributed by atoms with Gasteiger partial charge in [0.05, 0.1) is 0 Å². The Hall–Kier alpha value is 0.483. The molecule has 0 unspecified atom stereocenters. The van der Waals surface area contributed by atoms with Crippen molar-refractivity contribution in [3.63, 3.8) is 0 Å². The summed E-state index contributed by atoms with van der Waals surface area (Å²) in [6, 6.07) is 8.32. The standard InChI is InChI=1S/C6H6N.C3H9Si.BrH.Mg/c7-6-4-2-1-3-5-6;1-4(2)3;;/h1-4H,7H2;1-3H3;1H;. The van der Waals surface area contributed by atoms with Crippen LogP contribution < -0.4 is 9.43 Å². The van der Waals surface area contributed by atoms with E-state index in [4.69, 9.17) is 5.73 Å². The number of nitrogen functional groups attached to an aromatic ring is 1. The van der Waals surface area contributed by atoms with E-state index in [0.717, 1.165) is 5.69 Å². The number of hydrogen-bond donors (Lipinski definition) is 1. The molecule has 70 valence electrons. The van der Waals surface area contributed by atoms with Crippen LogP contribution in [0.3, 0.4) is 0 Å². The Balaban J connectivity index is 0.00000144. The summed E-state index contributed by atoms with van der Waals surface area (Å²) >= 11 is -0.0881. The Kier molecular flexibility index (Phi) is 5.59. The van der Waals surface area contributed by atoms with E-state index in [1.807, 2.05) is 12.1 Å². The molecule has 0 spiro atoms. The van der Waals surface area contributed by atoms with Gasteiger partial charge in [0.1, 0.15) is 0 Å². The minimum absolute atomic E-state index is 0. The normalized spacial score (nSPS) is 10.1. The van der Waals surface area contributed by atoms with Crippen LogP contribution in [-0.4, -0.2) is 25.3 Å². The zero-order valence-corrected chi connectivity index (χ0v) is 12.6. The van der Waals surface area contributed by atoms with Gasteiger partial charge in [-0.05, 0) is 6.07 Å². The average molecular weight is 271 g/mol. The Morgan fingerprint density at radius 2 is 1.69 bits per heavy atom. The molecule has 4 heteroatoms. The second-order valence-corrected chi connectivity index (χ2v) is 18.1. The van der Waals surface area contributed by atoms with Crippen molar-refractivity contribution in [1.82, 2.24) is 0 Å². The first-order valence-electron chi connectivity index (χ1n) is 4.32. The maximum Gasteiger partial charge on any atom is 0.410 e. The molecule has 0 amide bonds. The van der Waals surface area contributed by atoms with Crippen LogP contribution in [0.2, 0.25) is 19.6 Å². The molecule has 1 nitrogen and oxygen atoms in total. The maximum atomic E-state index is 5.88. The molecule has 1 aromatic rings. The van der Waals surface area contributed by atoms with Crippen LogP contribution >= 0.6 is 17.0 Å². The summed E-state index contributed by atoms with van der Waals surface area (Å²) < 4.78 is 1.46. The predicted molar refractivity (Wildman–Crippen MR) is 69.9 cm³/mol. The SMILES string of the molecule is Br.C[Si](C)(C)[Mg][c]1ccccc1N. The lowest BCUT2D eigenvalue weighted by molar-refractivity contribution is 1.73. The van der Waals surface area contributed by atoms with Gasteiger partial charge < -0.3 is 5.73 Å². The molecule has 0 aromatic heterocycles. The average Bonchev–Trinajstić information content (AvgIpc) is 1.91. The molecule has 0 saturated carbocycles. The number of anilines is 1. The molecule has 0 bridgehead atoms. The van der Waals surface area contributed by atoms with Gasteiger partial charge in [0.2, 0.25) is 0 Å². The van der Waals surface area contributed by atoms with Gasteiger partial charge in [0.25, 0.3) is 0 Å². The monoisotopic (exact) mass is 269 g/mol. The fourth-order valence-corrected chi connectivity index (χ4v) is 7.38. The largest absolute Gasteiger partial charge is 0.410 e. The van der Waals surface area contributed by atoms with Crippen molar-refractivity contribution >= 4 is 51.7 Å². The molecule has 0 aliphatic carbocycles.